The van der Waals surface area contributed by atoms with E-state index in [1.165, 1.54) is 4.90 Å². The zero-order valence-corrected chi connectivity index (χ0v) is 10.7. The van der Waals surface area contributed by atoms with Gasteiger partial charge in [0.1, 0.15) is 0 Å². The Hall–Kier alpha value is -1.00. The molecule has 0 aliphatic heterocycles. The lowest BCUT2D eigenvalue weighted by Gasteiger charge is -2.22. The maximum atomic E-state index is 11.6. The van der Waals surface area contributed by atoms with Gasteiger partial charge in [0.2, 0.25) is 5.91 Å². The first-order valence-electron chi connectivity index (χ1n) is 5.26. The molecule has 0 fully saturated rings. The lowest BCUT2D eigenvalue weighted by molar-refractivity contribution is -0.125. The van der Waals surface area contributed by atoms with E-state index in [9.17, 15) is 4.79 Å². The first kappa shape index (κ1) is 13.1. The highest BCUT2D eigenvalue weighted by molar-refractivity contribution is 7.99. The van der Waals surface area contributed by atoms with Gasteiger partial charge in [0.05, 0.1) is 5.41 Å². The number of benzene rings is 1. The fraction of sp³-hybridized carbons (Fsp3) is 0.417. The van der Waals surface area contributed by atoms with Crippen LogP contribution in [-0.4, -0.2) is 11.7 Å². The van der Waals surface area contributed by atoms with Gasteiger partial charge in [0.15, 0.2) is 0 Å². The molecule has 4 heteroatoms. The molecule has 1 aromatic rings. The first-order chi connectivity index (χ1) is 7.52. The number of carbonyl (C=O) groups is 1. The third kappa shape index (κ3) is 2.77. The van der Waals surface area contributed by atoms with E-state index in [0.29, 0.717) is 0 Å². The Morgan fingerprint density at radius 1 is 1.38 bits per heavy atom. The molecule has 1 amide bonds. The number of amides is 1. The highest BCUT2D eigenvalue weighted by Crippen LogP contribution is 2.26. The molecule has 0 atom stereocenters. The van der Waals surface area contributed by atoms with E-state index in [1.807, 2.05) is 38.1 Å². The Morgan fingerprint density at radius 3 is 2.38 bits per heavy atom. The molecule has 0 saturated heterocycles. The highest BCUT2D eigenvalue weighted by atomic mass is 32.2. The minimum absolute atomic E-state index is 0.177. The molecule has 0 saturated carbocycles. The minimum atomic E-state index is -0.593. The van der Waals surface area contributed by atoms with Crippen molar-refractivity contribution in [2.45, 2.75) is 31.1 Å². The standard InChI is InChI=1S/C12H18N2OS/c1-4-16-10-7-5-9(6-8-10)12(2,3)11(15)14-13/h5-8H,4,13H2,1-3H3,(H,14,15). The summed E-state index contributed by atoms with van der Waals surface area (Å²) >= 11 is 1.78. The maximum Gasteiger partial charge on any atom is 0.243 e. The summed E-state index contributed by atoms with van der Waals surface area (Å²) in [5.41, 5.74) is 2.57. The second-order valence-corrected chi connectivity index (χ2v) is 5.39. The van der Waals surface area contributed by atoms with Crippen molar-refractivity contribution in [1.29, 1.82) is 0 Å². The van der Waals surface area contributed by atoms with Crippen LogP contribution in [0.1, 0.15) is 26.3 Å². The molecule has 0 aromatic heterocycles. The van der Waals surface area contributed by atoms with Crippen LogP contribution in [0.2, 0.25) is 0 Å². The maximum absolute atomic E-state index is 11.6. The van der Waals surface area contributed by atoms with Gasteiger partial charge in [-0.2, -0.15) is 0 Å². The van der Waals surface area contributed by atoms with Crippen LogP contribution in [0.15, 0.2) is 29.2 Å². The van der Waals surface area contributed by atoms with Crippen molar-refractivity contribution in [3.05, 3.63) is 29.8 Å². The number of carbonyl (C=O) groups excluding carboxylic acids is 1. The van der Waals surface area contributed by atoms with Gasteiger partial charge in [-0.05, 0) is 37.3 Å². The number of thioether (sulfide) groups is 1. The van der Waals surface area contributed by atoms with Crippen LogP contribution in [0.3, 0.4) is 0 Å². The average molecular weight is 238 g/mol. The minimum Gasteiger partial charge on any atom is -0.294 e. The van der Waals surface area contributed by atoms with Crippen molar-refractivity contribution in [1.82, 2.24) is 5.43 Å². The third-order valence-corrected chi connectivity index (χ3v) is 3.48. The van der Waals surface area contributed by atoms with Crippen LogP contribution < -0.4 is 11.3 Å². The second-order valence-electron chi connectivity index (χ2n) is 4.06. The van der Waals surface area contributed by atoms with Crippen molar-refractivity contribution >= 4 is 17.7 Å². The topological polar surface area (TPSA) is 55.1 Å². The van der Waals surface area contributed by atoms with Gasteiger partial charge in [-0.25, -0.2) is 5.84 Å². The smallest absolute Gasteiger partial charge is 0.243 e. The molecular weight excluding hydrogens is 220 g/mol. The molecular formula is C12H18N2OS. The average Bonchev–Trinajstić information content (AvgIpc) is 2.29. The lowest BCUT2D eigenvalue weighted by atomic mass is 9.84. The molecule has 0 aliphatic carbocycles. The Balaban J connectivity index is 2.92. The molecule has 0 radical (unpaired) electrons. The Labute approximate surface area is 101 Å². The second kappa shape index (κ2) is 5.37. The quantitative estimate of drug-likeness (QED) is 0.365. The van der Waals surface area contributed by atoms with Gasteiger partial charge >= 0.3 is 0 Å². The van der Waals surface area contributed by atoms with E-state index < -0.39 is 5.41 Å². The fourth-order valence-corrected chi connectivity index (χ4v) is 2.11. The third-order valence-electron chi connectivity index (χ3n) is 2.59. The van der Waals surface area contributed by atoms with Crippen molar-refractivity contribution in [2.24, 2.45) is 5.84 Å². The van der Waals surface area contributed by atoms with Gasteiger partial charge < -0.3 is 0 Å². The zero-order valence-electron chi connectivity index (χ0n) is 9.91. The Bertz CT molecular complexity index is 360. The van der Waals surface area contributed by atoms with Gasteiger partial charge in [0, 0.05) is 4.90 Å². The number of hydrogen-bond acceptors (Lipinski definition) is 3. The molecule has 0 spiro atoms. The fourth-order valence-electron chi connectivity index (χ4n) is 1.45. The number of hydrazine groups is 1. The van der Waals surface area contributed by atoms with Crippen LogP contribution in [0, 0.1) is 0 Å². The van der Waals surface area contributed by atoms with Crippen molar-refractivity contribution < 1.29 is 4.79 Å². The van der Waals surface area contributed by atoms with Gasteiger partial charge in [-0.3, -0.25) is 10.2 Å². The van der Waals surface area contributed by atoms with Crippen molar-refractivity contribution in [2.75, 3.05) is 5.75 Å². The summed E-state index contributed by atoms with van der Waals surface area (Å²) in [5, 5.41) is 0. The monoisotopic (exact) mass is 238 g/mol. The van der Waals surface area contributed by atoms with Crippen LogP contribution in [-0.2, 0) is 10.2 Å². The molecule has 0 aliphatic rings. The molecule has 1 rings (SSSR count). The predicted molar refractivity (Wildman–Crippen MR) is 68.2 cm³/mol. The Morgan fingerprint density at radius 2 is 1.94 bits per heavy atom. The molecule has 0 unspecified atom stereocenters. The Kier molecular flexibility index (Phi) is 4.38. The lowest BCUT2D eigenvalue weighted by Crippen LogP contribution is -2.43. The summed E-state index contributed by atoms with van der Waals surface area (Å²) in [6.45, 7) is 5.83. The summed E-state index contributed by atoms with van der Waals surface area (Å²) in [7, 11) is 0. The van der Waals surface area contributed by atoms with E-state index >= 15 is 0 Å². The van der Waals surface area contributed by atoms with Crippen LogP contribution in [0.4, 0.5) is 0 Å². The molecule has 0 heterocycles. The summed E-state index contributed by atoms with van der Waals surface area (Å²) < 4.78 is 0. The van der Waals surface area contributed by atoms with Crippen molar-refractivity contribution in [3.63, 3.8) is 0 Å². The van der Waals surface area contributed by atoms with Crippen LogP contribution >= 0.6 is 11.8 Å². The summed E-state index contributed by atoms with van der Waals surface area (Å²) in [5.74, 6) is 6.04. The van der Waals surface area contributed by atoms with E-state index in [0.717, 1.165) is 11.3 Å². The largest absolute Gasteiger partial charge is 0.294 e. The summed E-state index contributed by atoms with van der Waals surface area (Å²) in [6.07, 6.45) is 0. The number of rotatable bonds is 4. The van der Waals surface area contributed by atoms with Gasteiger partial charge in [-0.1, -0.05) is 19.1 Å². The van der Waals surface area contributed by atoms with Gasteiger partial charge in [0.25, 0.3) is 0 Å². The molecule has 3 nitrogen and oxygen atoms in total. The van der Waals surface area contributed by atoms with Crippen LogP contribution in [0.25, 0.3) is 0 Å². The first-order valence-corrected chi connectivity index (χ1v) is 6.25. The highest BCUT2D eigenvalue weighted by Gasteiger charge is 2.28. The van der Waals surface area contributed by atoms with E-state index in [2.05, 4.69) is 12.3 Å². The van der Waals surface area contributed by atoms with E-state index in [4.69, 9.17) is 5.84 Å². The van der Waals surface area contributed by atoms with Crippen molar-refractivity contribution in [3.8, 4) is 0 Å². The molecule has 3 N–H and O–H groups in total. The number of nitrogens with one attached hydrogen (secondary N) is 1. The molecule has 1 aromatic carbocycles. The number of nitrogens with two attached hydrogens (primary N) is 1. The number of hydrogen-bond donors (Lipinski definition) is 2. The molecule has 88 valence electrons. The molecule has 16 heavy (non-hydrogen) atoms. The van der Waals surface area contributed by atoms with E-state index in [1.54, 1.807) is 11.8 Å². The normalized spacial score (nSPS) is 11.2. The SMILES string of the molecule is CCSc1ccc(C(C)(C)C(=O)NN)cc1. The zero-order chi connectivity index (χ0) is 12.2. The van der Waals surface area contributed by atoms with Crippen LogP contribution in [0.5, 0.6) is 0 Å². The van der Waals surface area contributed by atoms with Gasteiger partial charge in [-0.15, -0.1) is 11.8 Å². The summed E-state index contributed by atoms with van der Waals surface area (Å²) in [6, 6.07) is 8.03. The predicted octanol–water partition coefficient (Wildman–Crippen LogP) is 2.07. The molecule has 0 bridgehead atoms. The van der Waals surface area contributed by atoms with E-state index in [-0.39, 0.29) is 5.91 Å². The summed E-state index contributed by atoms with van der Waals surface area (Å²) in [4.78, 5) is 12.8.